The zero-order chi connectivity index (χ0) is 20.9. The van der Waals surface area contributed by atoms with Crippen LogP contribution in [0.5, 0.6) is 5.75 Å². The van der Waals surface area contributed by atoms with E-state index in [9.17, 15) is 13.2 Å². The highest BCUT2D eigenvalue weighted by Crippen LogP contribution is 2.22. The Labute approximate surface area is 181 Å². The Kier molecular flexibility index (Phi) is 6.88. The Bertz CT molecular complexity index is 1100. The van der Waals surface area contributed by atoms with Crippen molar-refractivity contribution < 1.29 is 17.9 Å². The molecule has 2 aromatic carbocycles. The lowest BCUT2D eigenvalue weighted by molar-refractivity contribution is -0.116. The van der Waals surface area contributed by atoms with E-state index in [0.717, 1.165) is 4.47 Å². The van der Waals surface area contributed by atoms with Crippen LogP contribution in [0.1, 0.15) is 12.1 Å². The molecule has 0 unspecified atom stereocenters. The standard InChI is InChI=1S/C19H18BrN3O4S2/c1-27-16-6-8-17(9-7-16)29(25,26)23-19-22-15(12-28-19)5-10-18(24)21-14-4-2-3-13(20)11-14/h2-4,6-9,11-12H,5,10H2,1H3,(H,21,24)(H,22,23). The lowest BCUT2D eigenvalue weighted by atomic mass is 10.2. The van der Waals surface area contributed by atoms with Crippen molar-refractivity contribution in [2.24, 2.45) is 0 Å². The number of ether oxygens (including phenoxy) is 1. The van der Waals surface area contributed by atoms with Gasteiger partial charge in [-0.3, -0.25) is 9.52 Å². The summed E-state index contributed by atoms with van der Waals surface area (Å²) in [6, 6.07) is 13.4. The van der Waals surface area contributed by atoms with Crippen LogP contribution in [0.2, 0.25) is 0 Å². The van der Waals surface area contributed by atoms with E-state index in [4.69, 9.17) is 4.74 Å². The second-order valence-electron chi connectivity index (χ2n) is 5.98. The molecule has 0 saturated heterocycles. The molecular formula is C19H18BrN3O4S2. The van der Waals surface area contributed by atoms with Crippen molar-refractivity contribution in [2.75, 3.05) is 17.1 Å². The maximum atomic E-state index is 12.5. The van der Waals surface area contributed by atoms with Gasteiger partial charge in [-0.15, -0.1) is 11.3 Å². The normalized spacial score (nSPS) is 11.1. The van der Waals surface area contributed by atoms with Gasteiger partial charge in [-0.05, 0) is 48.9 Å². The third kappa shape index (κ3) is 6.02. The van der Waals surface area contributed by atoms with Crippen LogP contribution in [0.3, 0.4) is 0 Å². The fraction of sp³-hybridized carbons (Fsp3) is 0.158. The molecule has 0 atom stereocenters. The summed E-state index contributed by atoms with van der Waals surface area (Å²) in [4.78, 5) is 16.5. The zero-order valence-electron chi connectivity index (χ0n) is 15.4. The molecule has 0 saturated carbocycles. The Morgan fingerprint density at radius 3 is 2.66 bits per heavy atom. The van der Waals surface area contributed by atoms with Gasteiger partial charge in [0, 0.05) is 22.0 Å². The second kappa shape index (κ2) is 9.38. The van der Waals surface area contributed by atoms with Crippen LogP contribution in [-0.2, 0) is 21.2 Å². The van der Waals surface area contributed by atoms with E-state index in [0.29, 0.717) is 23.6 Å². The van der Waals surface area contributed by atoms with Crippen molar-refractivity contribution in [1.82, 2.24) is 4.98 Å². The number of anilines is 2. The molecule has 0 bridgehead atoms. The zero-order valence-corrected chi connectivity index (χ0v) is 18.6. The first-order valence-electron chi connectivity index (χ1n) is 8.52. The van der Waals surface area contributed by atoms with Gasteiger partial charge in [0.2, 0.25) is 5.91 Å². The van der Waals surface area contributed by atoms with Crippen molar-refractivity contribution in [1.29, 1.82) is 0 Å². The van der Waals surface area contributed by atoms with Crippen LogP contribution in [-0.4, -0.2) is 26.4 Å². The van der Waals surface area contributed by atoms with E-state index in [1.165, 1.54) is 30.6 Å². The van der Waals surface area contributed by atoms with E-state index in [-0.39, 0.29) is 22.4 Å². The van der Waals surface area contributed by atoms with Crippen molar-refractivity contribution in [3.63, 3.8) is 0 Å². The molecule has 7 nitrogen and oxygen atoms in total. The molecule has 0 fully saturated rings. The van der Waals surface area contributed by atoms with Gasteiger partial charge in [0.25, 0.3) is 10.0 Å². The van der Waals surface area contributed by atoms with Crippen molar-refractivity contribution >= 4 is 54.0 Å². The van der Waals surface area contributed by atoms with Gasteiger partial charge in [0.1, 0.15) is 5.75 Å². The molecule has 0 aliphatic carbocycles. The van der Waals surface area contributed by atoms with Crippen LogP contribution < -0.4 is 14.8 Å². The number of nitrogens with one attached hydrogen (secondary N) is 2. The number of sulfonamides is 1. The predicted octanol–water partition coefficient (Wildman–Crippen LogP) is 4.29. The SMILES string of the molecule is COc1ccc(S(=O)(=O)Nc2nc(CCC(=O)Nc3cccc(Br)c3)cs2)cc1. The fourth-order valence-corrected chi connectivity index (χ4v) is 4.83. The van der Waals surface area contributed by atoms with E-state index in [2.05, 4.69) is 31.0 Å². The Morgan fingerprint density at radius 1 is 1.21 bits per heavy atom. The maximum absolute atomic E-state index is 12.5. The van der Waals surface area contributed by atoms with Crippen molar-refractivity contribution in [3.05, 3.63) is 64.1 Å². The summed E-state index contributed by atoms with van der Waals surface area (Å²) >= 11 is 4.53. The monoisotopic (exact) mass is 495 g/mol. The largest absolute Gasteiger partial charge is 0.497 e. The molecule has 0 aliphatic rings. The summed E-state index contributed by atoms with van der Waals surface area (Å²) in [5, 5.41) is 4.80. The minimum atomic E-state index is -3.74. The Balaban J connectivity index is 1.56. The molecule has 152 valence electrons. The Morgan fingerprint density at radius 2 is 1.97 bits per heavy atom. The van der Waals surface area contributed by atoms with Crippen LogP contribution >= 0.6 is 27.3 Å². The first-order chi connectivity index (χ1) is 13.9. The lowest BCUT2D eigenvalue weighted by Crippen LogP contribution is -2.13. The van der Waals surface area contributed by atoms with Gasteiger partial charge < -0.3 is 10.1 Å². The van der Waals surface area contributed by atoms with Gasteiger partial charge in [0.15, 0.2) is 5.13 Å². The molecule has 3 aromatic rings. The number of carbonyl (C=O) groups is 1. The summed E-state index contributed by atoms with van der Waals surface area (Å²) in [7, 11) is -2.23. The fourth-order valence-electron chi connectivity index (χ4n) is 2.43. The third-order valence-electron chi connectivity index (χ3n) is 3.86. The topological polar surface area (TPSA) is 97.4 Å². The molecule has 3 rings (SSSR count). The highest BCUT2D eigenvalue weighted by molar-refractivity contribution is 9.10. The van der Waals surface area contributed by atoms with Gasteiger partial charge in [-0.1, -0.05) is 22.0 Å². The number of methoxy groups -OCH3 is 1. The maximum Gasteiger partial charge on any atom is 0.263 e. The van der Waals surface area contributed by atoms with E-state index >= 15 is 0 Å². The van der Waals surface area contributed by atoms with E-state index < -0.39 is 10.0 Å². The van der Waals surface area contributed by atoms with Crippen molar-refractivity contribution in [2.45, 2.75) is 17.7 Å². The molecule has 1 amide bonds. The third-order valence-corrected chi connectivity index (χ3v) is 6.64. The molecule has 1 aromatic heterocycles. The Hall–Kier alpha value is -2.43. The molecular weight excluding hydrogens is 478 g/mol. The number of hydrogen-bond donors (Lipinski definition) is 2. The number of amides is 1. The first-order valence-corrected chi connectivity index (χ1v) is 11.7. The van der Waals surface area contributed by atoms with Gasteiger partial charge in [0.05, 0.1) is 17.7 Å². The second-order valence-corrected chi connectivity index (χ2v) is 9.44. The highest BCUT2D eigenvalue weighted by atomic mass is 79.9. The van der Waals surface area contributed by atoms with Gasteiger partial charge in [-0.25, -0.2) is 13.4 Å². The van der Waals surface area contributed by atoms with Crippen LogP contribution in [0.15, 0.2) is 63.3 Å². The number of aryl methyl sites for hydroxylation is 1. The minimum Gasteiger partial charge on any atom is -0.497 e. The average molecular weight is 496 g/mol. The number of hydrogen-bond acceptors (Lipinski definition) is 6. The van der Waals surface area contributed by atoms with Crippen LogP contribution in [0.4, 0.5) is 10.8 Å². The molecule has 0 radical (unpaired) electrons. The van der Waals surface area contributed by atoms with Gasteiger partial charge in [-0.2, -0.15) is 0 Å². The smallest absolute Gasteiger partial charge is 0.263 e. The highest BCUT2D eigenvalue weighted by Gasteiger charge is 2.16. The quantitative estimate of drug-likeness (QED) is 0.485. The van der Waals surface area contributed by atoms with Crippen LogP contribution in [0.25, 0.3) is 0 Å². The molecule has 29 heavy (non-hydrogen) atoms. The summed E-state index contributed by atoms with van der Waals surface area (Å²) in [6.45, 7) is 0. The summed E-state index contributed by atoms with van der Waals surface area (Å²) in [6.07, 6.45) is 0.640. The number of carbonyl (C=O) groups excluding carboxylic acids is 1. The number of nitrogens with zero attached hydrogens (tertiary/aromatic N) is 1. The van der Waals surface area contributed by atoms with E-state index in [1.807, 2.05) is 18.2 Å². The average Bonchev–Trinajstić information content (AvgIpc) is 3.13. The molecule has 0 aliphatic heterocycles. The molecule has 1 heterocycles. The molecule has 2 N–H and O–H groups in total. The van der Waals surface area contributed by atoms with Crippen LogP contribution in [0, 0.1) is 0 Å². The number of halogens is 1. The lowest BCUT2D eigenvalue weighted by Gasteiger charge is -2.06. The van der Waals surface area contributed by atoms with E-state index in [1.54, 1.807) is 23.6 Å². The number of benzene rings is 2. The van der Waals surface area contributed by atoms with Gasteiger partial charge >= 0.3 is 0 Å². The molecule has 10 heteroatoms. The minimum absolute atomic E-state index is 0.114. The first kappa shape index (κ1) is 21.3. The summed E-state index contributed by atoms with van der Waals surface area (Å²) < 4.78 is 33.3. The molecule has 0 spiro atoms. The number of thiazole rings is 1. The predicted molar refractivity (Wildman–Crippen MR) is 117 cm³/mol. The summed E-state index contributed by atoms with van der Waals surface area (Å²) in [5.74, 6) is 0.429. The summed E-state index contributed by atoms with van der Waals surface area (Å²) in [5.41, 5.74) is 1.35. The number of aromatic nitrogens is 1. The number of rotatable bonds is 8. The van der Waals surface area contributed by atoms with Crippen molar-refractivity contribution in [3.8, 4) is 5.75 Å².